The lowest BCUT2D eigenvalue weighted by molar-refractivity contribution is -0.108. The predicted octanol–water partition coefficient (Wildman–Crippen LogP) is 4.11. The van der Waals surface area contributed by atoms with Crippen LogP contribution in [0.4, 0.5) is 0 Å². The van der Waals surface area contributed by atoms with Crippen LogP contribution in [0.1, 0.15) is 22.7 Å². The van der Waals surface area contributed by atoms with Crippen LogP contribution < -0.4 is 23.7 Å². The van der Waals surface area contributed by atoms with Gasteiger partial charge in [-0.2, -0.15) is 0 Å². The van der Waals surface area contributed by atoms with Gasteiger partial charge in [0.05, 0.1) is 44.7 Å². The quantitative estimate of drug-likeness (QED) is 0.514. The fourth-order valence-electron chi connectivity index (χ4n) is 3.54. The minimum Gasteiger partial charge on any atom is -0.508 e. The number of hydrogen-bond donors (Lipinski definition) is 1. The first kappa shape index (κ1) is 22.0. The summed E-state index contributed by atoms with van der Waals surface area (Å²) in [6.07, 6.45) is 4.12. The fraction of sp³-hybridized carbons (Fsp3) is 0.200. The van der Waals surface area contributed by atoms with Gasteiger partial charge in [0.15, 0.2) is 11.5 Å². The molecule has 1 aliphatic rings. The molecule has 170 valence electrons. The van der Waals surface area contributed by atoms with E-state index in [4.69, 9.17) is 23.7 Å². The SMILES string of the molecule is COc1ccc(COc2cc(C3=CC(C=O)c4c(OC)cc(O)cc4O3)ccc2OC)nc1. The number of ether oxygens (including phenoxy) is 5. The maximum atomic E-state index is 11.8. The second kappa shape index (κ2) is 9.52. The van der Waals surface area contributed by atoms with Crippen molar-refractivity contribution in [2.75, 3.05) is 21.3 Å². The van der Waals surface area contributed by atoms with Gasteiger partial charge >= 0.3 is 0 Å². The van der Waals surface area contributed by atoms with Crippen molar-refractivity contribution in [1.29, 1.82) is 0 Å². The Morgan fingerprint density at radius 3 is 2.48 bits per heavy atom. The Hall–Kier alpha value is -4.20. The molecular weight excluding hydrogens is 426 g/mol. The van der Waals surface area contributed by atoms with Gasteiger partial charge in [0, 0.05) is 17.7 Å². The number of phenols is 1. The molecule has 1 N–H and O–H groups in total. The van der Waals surface area contributed by atoms with E-state index in [2.05, 4.69) is 4.98 Å². The highest BCUT2D eigenvalue weighted by atomic mass is 16.5. The summed E-state index contributed by atoms with van der Waals surface area (Å²) in [5, 5.41) is 10.0. The number of phenolic OH excluding ortho intramolecular Hbond substituents is 1. The fourth-order valence-corrected chi connectivity index (χ4v) is 3.54. The molecule has 2 heterocycles. The number of allylic oxidation sites excluding steroid dienone is 1. The van der Waals surface area contributed by atoms with Gasteiger partial charge in [-0.05, 0) is 36.4 Å². The van der Waals surface area contributed by atoms with Crippen molar-refractivity contribution in [3.05, 3.63) is 71.6 Å². The smallest absolute Gasteiger partial charge is 0.162 e. The number of aromatic hydroxyl groups is 1. The number of carbonyl (C=O) groups is 1. The van der Waals surface area contributed by atoms with Crippen molar-refractivity contribution < 1.29 is 33.6 Å². The molecule has 1 aromatic heterocycles. The van der Waals surface area contributed by atoms with Crippen molar-refractivity contribution in [3.63, 3.8) is 0 Å². The summed E-state index contributed by atoms with van der Waals surface area (Å²) in [7, 11) is 4.61. The first-order valence-electron chi connectivity index (χ1n) is 10.1. The molecule has 4 rings (SSSR count). The summed E-state index contributed by atoms with van der Waals surface area (Å²) in [5.41, 5.74) is 1.95. The summed E-state index contributed by atoms with van der Waals surface area (Å²) in [4.78, 5) is 16.1. The topological polar surface area (TPSA) is 96.3 Å². The number of methoxy groups -OCH3 is 3. The Morgan fingerprint density at radius 2 is 1.82 bits per heavy atom. The molecule has 1 aliphatic heterocycles. The normalized spacial score (nSPS) is 14.4. The summed E-state index contributed by atoms with van der Waals surface area (Å²) < 4.78 is 27.9. The molecule has 0 fully saturated rings. The maximum absolute atomic E-state index is 11.8. The monoisotopic (exact) mass is 449 g/mol. The molecule has 0 aliphatic carbocycles. The first-order valence-corrected chi connectivity index (χ1v) is 10.1. The summed E-state index contributed by atoms with van der Waals surface area (Å²) in [6.45, 7) is 0.217. The molecule has 1 atom stereocenters. The number of benzene rings is 2. The van der Waals surface area contributed by atoms with Crippen LogP contribution in [0.5, 0.6) is 34.5 Å². The van der Waals surface area contributed by atoms with Crippen molar-refractivity contribution >= 4 is 12.0 Å². The summed E-state index contributed by atoms with van der Waals surface area (Å²) in [6, 6.07) is 11.8. The average molecular weight is 449 g/mol. The van der Waals surface area contributed by atoms with E-state index in [9.17, 15) is 9.90 Å². The Labute approximate surface area is 191 Å². The molecular formula is C25H23NO7. The zero-order valence-corrected chi connectivity index (χ0v) is 18.4. The molecule has 2 aromatic carbocycles. The lowest BCUT2D eigenvalue weighted by Gasteiger charge is -2.24. The van der Waals surface area contributed by atoms with Gasteiger partial charge in [-0.1, -0.05) is 0 Å². The molecule has 0 spiro atoms. The number of aldehydes is 1. The van der Waals surface area contributed by atoms with Gasteiger partial charge in [-0.15, -0.1) is 0 Å². The van der Waals surface area contributed by atoms with Gasteiger partial charge in [0.1, 0.15) is 41.7 Å². The molecule has 1 unspecified atom stereocenters. The van der Waals surface area contributed by atoms with Gasteiger partial charge in [-0.25, -0.2) is 0 Å². The van der Waals surface area contributed by atoms with Crippen LogP contribution in [0.15, 0.2) is 54.7 Å². The first-order chi connectivity index (χ1) is 16.1. The summed E-state index contributed by atoms with van der Waals surface area (Å²) >= 11 is 0. The number of aromatic nitrogens is 1. The zero-order chi connectivity index (χ0) is 23.4. The third-order valence-electron chi connectivity index (χ3n) is 5.20. The molecule has 0 saturated carbocycles. The van der Waals surface area contributed by atoms with Crippen molar-refractivity contribution in [3.8, 4) is 34.5 Å². The van der Waals surface area contributed by atoms with Crippen LogP contribution in [-0.2, 0) is 11.4 Å². The Bertz CT molecular complexity index is 1190. The molecule has 0 amide bonds. The third-order valence-corrected chi connectivity index (χ3v) is 5.20. The molecule has 0 bridgehead atoms. The Balaban J connectivity index is 1.63. The maximum Gasteiger partial charge on any atom is 0.162 e. The van der Waals surface area contributed by atoms with Crippen molar-refractivity contribution in [2.24, 2.45) is 0 Å². The highest BCUT2D eigenvalue weighted by Gasteiger charge is 2.27. The van der Waals surface area contributed by atoms with Crippen LogP contribution in [-0.4, -0.2) is 37.7 Å². The van der Waals surface area contributed by atoms with Gasteiger partial charge in [-0.3, -0.25) is 4.98 Å². The van der Waals surface area contributed by atoms with Crippen LogP contribution in [0.2, 0.25) is 0 Å². The van der Waals surface area contributed by atoms with E-state index < -0.39 is 5.92 Å². The molecule has 8 nitrogen and oxygen atoms in total. The number of nitrogens with zero attached hydrogens (tertiary/aromatic N) is 1. The Kier molecular flexibility index (Phi) is 6.35. The lowest BCUT2D eigenvalue weighted by atomic mass is 9.94. The molecule has 8 heteroatoms. The highest BCUT2D eigenvalue weighted by Crippen LogP contribution is 2.45. The van der Waals surface area contributed by atoms with Crippen LogP contribution >= 0.6 is 0 Å². The Morgan fingerprint density at radius 1 is 1.00 bits per heavy atom. The van der Waals surface area contributed by atoms with Crippen molar-refractivity contribution in [2.45, 2.75) is 12.5 Å². The van der Waals surface area contributed by atoms with E-state index in [1.807, 2.05) is 6.07 Å². The van der Waals surface area contributed by atoms with Crippen LogP contribution in [0, 0.1) is 0 Å². The minimum absolute atomic E-state index is 0.0257. The van der Waals surface area contributed by atoms with E-state index in [1.165, 1.54) is 19.2 Å². The minimum atomic E-state index is -0.603. The standard InChI is InChI=1S/C25H23NO7/c1-29-19-6-5-17(26-12-19)14-32-22-8-15(4-7-20(22)30-2)21-9-16(13-27)25-23(31-3)10-18(28)11-24(25)33-21/h4-13,16,28H,14H2,1-3H3. The van der Waals surface area contributed by atoms with Gasteiger partial charge in [0.2, 0.25) is 0 Å². The van der Waals surface area contributed by atoms with Gasteiger partial charge < -0.3 is 33.6 Å². The number of pyridine rings is 1. The number of rotatable bonds is 8. The molecule has 33 heavy (non-hydrogen) atoms. The lowest BCUT2D eigenvalue weighted by Crippen LogP contribution is -2.11. The number of carbonyl (C=O) groups excluding carboxylic acids is 1. The van der Waals surface area contributed by atoms with E-state index in [0.29, 0.717) is 51.3 Å². The molecule has 3 aromatic rings. The largest absolute Gasteiger partial charge is 0.508 e. The van der Waals surface area contributed by atoms with E-state index in [0.717, 1.165) is 6.29 Å². The molecule has 0 saturated heterocycles. The highest BCUT2D eigenvalue weighted by molar-refractivity contribution is 5.79. The van der Waals surface area contributed by atoms with Gasteiger partial charge in [0.25, 0.3) is 0 Å². The number of hydrogen-bond acceptors (Lipinski definition) is 8. The average Bonchev–Trinajstić information content (AvgIpc) is 2.86. The summed E-state index contributed by atoms with van der Waals surface area (Å²) in [5.74, 6) is 2.23. The van der Waals surface area contributed by atoms with Crippen LogP contribution in [0.25, 0.3) is 5.76 Å². The van der Waals surface area contributed by atoms with E-state index >= 15 is 0 Å². The van der Waals surface area contributed by atoms with E-state index in [1.54, 1.807) is 50.8 Å². The van der Waals surface area contributed by atoms with Crippen molar-refractivity contribution in [1.82, 2.24) is 4.98 Å². The zero-order valence-electron chi connectivity index (χ0n) is 18.4. The second-order valence-corrected chi connectivity index (χ2v) is 7.20. The second-order valence-electron chi connectivity index (χ2n) is 7.20. The number of fused-ring (bicyclic) bond motifs is 1. The molecule has 0 radical (unpaired) electrons. The predicted molar refractivity (Wildman–Crippen MR) is 120 cm³/mol. The van der Waals surface area contributed by atoms with Crippen LogP contribution in [0.3, 0.4) is 0 Å². The van der Waals surface area contributed by atoms with E-state index in [-0.39, 0.29) is 12.4 Å². The third kappa shape index (κ3) is 4.55.